The molecule has 1 aliphatic rings. The first-order valence-corrected chi connectivity index (χ1v) is 4.26. The van der Waals surface area contributed by atoms with Crippen LogP contribution in [0.4, 0.5) is 17.6 Å². The molecule has 0 atom stereocenters. The summed E-state index contributed by atoms with van der Waals surface area (Å²) in [6, 6.07) is 0. The van der Waals surface area contributed by atoms with Crippen LogP contribution in [-0.2, 0) is 14.3 Å². The van der Waals surface area contributed by atoms with Crippen LogP contribution in [0.1, 0.15) is 6.42 Å². The van der Waals surface area contributed by atoms with Gasteiger partial charge in [0.1, 0.15) is 0 Å². The van der Waals surface area contributed by atoms with Crippen LogP contribution in [0.3, 0.4) is 0 Å². The smallest absolute Gasteiger partial charge is 0.265 e. The summed E-state index contributed by atoms with van der Waals surface area (Å²) in [5, 5.41) is -5.11. The summed E-state index contributed by atoms with van der Waals surface area (Å²) in [5.41, 5.74) is 0. The Labute approximate surface area is 65.4 Å². The Morgan fingerprint density at radius 2 is 1.67 bits per heavy atom. The molecule has 1 aliphatic heterocycles. The standard InChI is InChI=1S/C4H4F4O3S/c5-3(6)1-2-11-12(9,10)4(3,7)8/h1-2H2. The lowest BCUT2D eigenvalue weighted by Gasteiger charge is -2.29. The quantitative estimate of drug-likeness (QED) is 0.440. The fraction of sp³-hybridized carbons (Fsp3) is 1.00. The molecular weight excluding hydrogens is 204 g/mol. The van der Waals surface area contributed by atoms with Crippen molar-refractivity contribution in [3.63, 3.8) is 0 Å². The predicted octanol–water partition coefficient (Wildman–Crippen LogP) is 0.965. The fourth-order valence-corrected chi connectivity index (χ4v) is 1.60. The lowest BCUT2D eigenvalue weighted by atomic mass is 10.2. The summed E-state index contributed by atoms with van der Waals surface area (Å²) in [6.07, 6.45) is -1.29. The molecule has 12 heavy (non-hydrogen) atoms. The number of hydrogen-bond acceptors (Lipinski definition) is 3. The maximum absolute atomic E-state index is 12.3. The lowest BCUT2D eigenvalue weighted by molar-refractivity contribution is -0.180. The monoisotopic (exact) mass is 208 g/mol. The van der Waals surface area contributed by atoms with Crippen molar-refractivity contribution < 1.29 is 30.2 Å². The van der Waals surface area contributed by atoms with Gasteiger partial charge in [0.05, 0.1) is 6.61 Å². The van der Waals surface area contributed by atoms with Crippen molar-refractivity contribution in [1.82, 2.24) is 0 Å². The van der Waals surface area contributed by atoms with E-state index in [-0.39, 0.29) is 0 Å². The van der Waals surface area contributed by atoms with Gasteiger partial charge in [-0.3, -0.25) is 4.18 Å². The van der Waals surface area contributed by atoms with E-state index in [2.05, 4.69) is 4.18 Å². The molecule has 0 spiro atoms. The first kappa shape index (κ1) is 9.72. The van der Waals surface area contributed by atoms with Crippen molar-refractivity contribution in [1.29, 1.82) is 0 Å². The van der Waals surface area contributed by atoms with Gasteiger partial charge >= 0.3 is 21.3 Å². The van der Waals surface area contributed by atoms with Crippen LogP contribution in [0.25, 0.3) is 0 Å². The summed E-state index contributed by atoms with van der Waals surface area (Å²) >= 11 is 0. The molecule has 72 valence electrons. The van der Waals surface area contributed by atoms with Crippen molar-refractivity contribution in [2.75, 3.05) is 6.61 Å². The topological polar surface area (TPSA) is 43.4 Å². The average Bonchev–Trinajstić information content (AvgIpc) is 1.83. The van der Waals surface area contributed by atoms with Gasteiger partial charge in [-0.1, -0.05) is 0 Å². The molecule has 0 aromatic rings. The van der Waals surface area contributed by atoms with Crippen LogP contribution in [0, 0.1) is 0 Å². The highest BCUT2D eigenvalue weighted by Gasteiger charge is 2.68. The van der Waals surface area contributed by atoms with Crippen LogP contribution in [-0.4, -0.2) is 26.2 Å². The van der Waals surface area contributed by atoms with E-state index in [0.717, 1.165) is 0 Å². The second-order valence-corrected chi connectivity index (χ2v) is 3.90. The molecule has 0 aliphatic carbocycles. The van der Waals surface area contributed by atoms with E-state index in [1.807, 2.05) is 0 Å². The molecule has 1 saturated heterocycles. The second-order valence-electron chi connectivity index (χ2n) is 2.25. The molecule has 0 unspecified atom stereocenters. The van der Waals surface area contributed by atoms with Gasteiger partial charge in [-0.25, -0.2) is 0 Å². The molecule has 0 radical (unpaired) electrons. The minimum absolute atomic E-state index is 0.912. The normalized spacial score (nSPS) is 31.3. The lowest BCUT2D eigenvalue weighted by Crippen LogP contribution is -2.52. The molecule has 0 aromatic heterocycles. The molecule has 0 bridgehead atoms. The van der Waals surface area contributed by atoms with Crippen molar-refractivity contribution in [2.24, 2.45) is 0 Å². The van der Waals surface area contributed by atoms with Gasteiger partial charge in [-0.15, -0.1) is 0 Å². The molecule has 0 amide bonds. The highest BCUT2D eigenvalue weighted by Crippen LogP contribution is 2.44. The van der Waals surface area contributed by atoms with E-state index in [1.54, 1.807) is 0 Å². The minimum atomic E-state index is -5.45. The first-order chi connectivity index (χ1) is 5.21. The van der Waals surface area contributed by atoms with Crippen molar-refractivity contribution in [3.05, 3.63) is 0 Å². The number of alkyl halides is 4. The van der Waals surface area contributed by atoms with Gasteiger partial charge in [0, 0.05) is 6.42 Å². The van der Waals surface area contributed by atoms with Gasteiger partial charge in [-0.05, 0) is 0 Å². The molecule has 1 heterocycles. The van der Waals surface area contributed by atoms with Gasteiger partial charge in [0.25, 0.3) is 0 Å². The average molecular weight is 208 g/mol. The van der Waals surface area contributed by atoms with Crippen molar-refractivity contribution in [3.8, 4) is 0 Å². The summed E-state index contributed by atoms with van der Waals surface area (Å²) in [5.74, 6) is -4.54. The van der Waals surface area contributed by atoms with Crippen LogP contribution >= 0.6 is 0 Å². The van der Waals surface area contributed by atoms with Crippen molar-refractivity contribution >= 4 is 10.1 Å². The van der Waals surface area contributed by atoms with E-state index in [0.29, 0.717) is 0 Å². The van der Waals surface area contributed by atoms with Gasteiger partial charge in [0.2, 0.25) is 0 Å². The fourth-order valence-electron chi connectivity index (χ4n) is 0.682. The highest BCUT2D eigenvalue weighted by molar-refractivity contribution is 7.87. The summed E-state index contributed by atoms with van der Waals surface area (Å²) in [4.78, 5) is 0. The second kappa shape index (κ2) is 2.32. The molecule has 0 saturated carbocycles. The van der Waals surface area contributed by atoms with Gasteiger partial charge in [0.15, 0.2) is 0 Å². The molecule has 3 nitrogen and oxygen atoms in total. The van der Waals surface area contributed by atoms with Gasteiger partial charge < -0.3 is 0 Å². The molecule has 0 N–H and O–H groups in total. The number of hydrogen-bond donors (Lipinski definition) is 0. The maximum Gasteiger partial charge on any atom is 0.431 e. The summed E-state index contributed by atoms with van der Waals surface area (Å²) in [7, 11) is -5.45. The zero-order valence-corrected chi connectivity index (χ0v) is 6.38. The predicted molar refractivity (Wildman–Crippen MR) is 29.4 cm³/mol. The van der Waals surface area contributed by atoms with E-state index in [1.165, 1.54) is 0 Å². The maximum atomic E-state index is 12.3. The number of rotatable bonds is 0. The third kappa shape index (κ3) is 1.09. The Kier molecular flexibility index (Phi) is 1.88. The highest BCUT2D eigenvalue weighted by atomic mass is 32.2. The Bertz CT molecular complexity index is 283. The largest absolute Gasteiger partial charge is 0.431 e. The van der Waals surface area contributed by atoms with Crippen LogP contribution in [0.2, 0.25) is 0 Å². The Balaban J connectivity index is 3.16. The Morgan fingerprint density at radius 3 is 2.00 bits per heavy atom. The summed E-state index contributed by atoms with van der Waals surface area (Å²) < 4.78 is 73.2. The van der Waals surface area contributed by atoms with E-state index >= 15 is 0 Å². The van der Waals surface area contributed by atoms with Crippen LogP contribution < -0.4 is 0 Å². The zero-order chi connectivity index (χ0) is 9.62. The van der Waals surface area contributed by atoms with E-state index in [9.17, 15) is 26.0 Å². The molecule has 1 fully saturated rings. The van der Waals surface area contributed by atoms with Crippen LogP contribution in [0.15, 0.2) is 0 Å². The van der Waals surface area contributed by atoms with E-state index < -0.39 is 34.3 Å². The molecule has 0 aromatic carbocycles. The van der Waals surface area contributed by atoms with Crippen molar-refractivity contribution in [2.45, 2.75) is 17.6 Å². The van der Waals surface area contributed by atoms with E-state index in [4.69, 9.17) is 0 Å². The third-order valence-corrected chi connectivity index (χ3v) is 2.80. The third-order valence-electron chi connectivity index (χ3n) is 1.39. The SMILES string of the molecule is O=S1(=O)OCCC(F)(F)C1(F)F. The van der Waals surface area contributed by atoms with Crippen LogP contribution in [0.5, 0.6) is 0 Å². The first-order valence-electron chi connectivity index (χ1n) is 2.85. The Morgan fingerprint density at radius 1 is 1.17 bits per heavy atom. The number of halogens is 4. The zero-order valence-electron chi connectivity index (χ0n) is 5.56. The Hall–Kier alpha value is -0.370. The summed E-state index contributed by atoms with van der Waals surface area (Å²) in [6.45, 7) is -0.912. The molecular formula is C4H4F4O3S. The molecule has 8 heteroatoms. The molecule has 1 rings (SSSR count). The minimum Gasteiger partial charge on any atom is -0.265 e. The van der Waals surface area contributed by atoms with Gasteiger partial charge in [-0.2, -0.15) is 26.0 Å².